The molecule has 0 unspecified atom stereocenters. The number of aliphatic hydroxyl groups excluding tert-OH is 1. The molecule has 3 rings (SSSR count). The molecule has 0 saturated heterocycles. The number of hydrogen-bond donors (Lipinski definition) is 1. The Hall–Kier alpha value is -2.55. The van der Waals surface area contributed by atoms with Crippen molar-refractivity contribution in [1.29, 1.82) is 0 Å². The summed E-state index contributed by atoms with van der Waals surface area (Å²) in [5.74, 6) is 0.539. The van der Waals surface area contributed by atoms with Crippen LogP contribution in [-0.4, -0.2) is 18.0 Å². The van der Waals surface area contributed by atoms with Crippen molar-refractivity contribution in [3.05, 3.63) is 65.2 Å². The van der Waals surface area contributed by atoms with E-state index in [2.05, 4.69) is 0 Å². The second-order valence-corrected chi connectivity index (χ2v) is 4.33. The summed E-state index contributed by atoms with van der Waals surface area (Å²) in [5, 5.41) is 10.2. The maximum atomic E-state index is 12.3. The van der Waals surface area contributed by atoms with Crippen molar-refractivity contribution in [3.8, 4) is 5.75 Å². The fraction of sp³-hybridized carbons (Fsp3) is 0.0625. The lowest BCUT2D eigenvalue weighted by Gasteiger charge is -2.05. The predicted molar refractivity (Wildman–Crippen MR) is 73.2 cm³/mol. The standard InChI is InChI=1S/C16H12O3/c1-19-11-6-4-5-10(9-11)14-15(17)12-7-2-3-8-13(12)16(14)18/h2-9,17H,1H3. The van der Waals surface area contributed by atoms with Gasteiger partial charge in [-0.3, -0.25) is 4.79 Å². The first-order valence-corrected chi connectivity index (χ1v) is 5.94. The summed E-state index contributed by atoms with van der Waals surface area (Å²) in [7, 11) is 1.57. The summed E-state index contributed by atoms with van der Waals surface area (Å²) in [6.45, 7) is 0. The van der Waals surface area contributed by atoms with E-state index < -0.39 is 0 Å². The molecule has 1 aliphatic carbocycles. The van der Waals surface area contributed by atoms with Crippen LogP contribution in [0.25, 0.3) is 11.3 Å². The molecule has 0 atom stereocenters. The molecule has 0 amide bonds. The fourth-order valence-electron chi connectivity index (χ4n) is 2.31. The van der Waals surface area contributed by atoms with Crippen molar-refractivity contribution in [2.75, 3.05) is 7.11 Å². The molecule has 3 heteroatoms. The lowest BCUT2D eigenvalue weighted by molar-refractivity contribution is 0.105. The molecule has 19 heavy (non-hydrogen) atoms. The summed E-state index contributed by atoms with van der Waals surface area (Å²) in [5.41, 5.74) is 2.13. The zero-order valence-corrected chi connectivity index (χ0v) is 10.4. The Morgan fingerprint density at radius 1 is 1.00 bits per heavy atom. The van der Waals surface area contributed by atoms with Crippen LogP contribution in [0.15, 0.2) is 48.5 Å². The van der Waals surface area contributed by atoms with E-state index in [4.69, 9.17) is 4.74 Å². The molecule has 0 aromatic heterocycles. The van der Waals surface area contributed by atoms with Crippen LogP contribution in [0.3, 0.4) is 0 Å². The number of ketones is 1. The molecule has 0 saturated carbocycles. The van der Waals surface area contributed by atoms with Gasteiger partial charge in [0.05, 0.1) is 12.7 Å². The van der Waals surface area contributed by atoms with Crippen molar-refractivity contribution in [2.24, 2.45) is 0 Å². The molecule has 2 aromatic rings. The summed E-state index contributed by atoms with van der Waals surface area (Å²) < 4.78 is 5.15. The van der Waals surface area contributed by atoms with Crippen LogP contribution < -0.4 is 4.74 Å². The van der Waals surface area contributed by atoms with Gasteiger partial charge in [-0.2, -0.15) is 0 Å². The molecule has 1 N–H and O–H groups in total. The van der Waals surface area contributed by atoms with Crippen LogP contribution in [0.4, 0.5) is 0 Å². The van der Waals surface area contributed by atoms with E-state index in [0.717, 1.165) is 0 Å². The predicted octanol–water partition coefficient (Wildman–Crippen LogP) is 3.32. The molecular formula is C16H12O3. The third-order valence-electron chi connectivity index (χ3n) is 3.25. The van der Waals surface area contributed by atoms with E-state index in [-0.39, 0.29) is 11.5 Å². The second kappa shape index (κ2) is 4.28. The lowest BCUT2D eigenvalue weighted by Crippen LogP contribution is -1.98. The molecule has 0 fully saturated rings. The molecule has 2 aromatic carbocycles. The highest BCUT2D eigenvalue weighted by Gasteiger charge is 2.30. The zero-order chi connectivity index (χ0) is 13.4. The molecule has 94 valence electrons. The molecule has 0 radical (unpaired) electrons. The Morgan fingerprint density at radius 2 is 1.74 bits per heavy atom. The van der Waals surface area contributed by atoms with Crippen LogP contribution in [0.1, 0.15) is 21.5 Å². The van der Waals surface area contributed by atoms with Gasteiger partial charge in [0, 0.05) is 11.1 Å². The minimum atomic E-state index is -0.152. The number of allylic oxidation sites excluding steroid dienone is 1. The van der Waals surface area contributed by atoms with E-state index in [0.29, 0.717) is 28.0 Å². The van der Waals surface area contributed by atoms with Crippen LogP contribution in [-0.2, 0) is 0 Å². The van der Waals surface area contributed by atoms with Gasteiger partial charge in [-0.15, -0.1) is 0 Å². The number of ether oxygens (including phenoxy) is 1. The van der Waals surface area contributed by atoms with Gasteiger partial charge in [0.15, 0.2) is 5.78 Å². The van der Waals surface area contributed by atoms with Gasteiger partial charge < -0.3 is 9.84 Å². The minimum absolute atomic E-state index is 0.0360. The average molecular weight is 252 g/mol. The molecule has 0 spiro atoms. The Kier molecular flexibility index (Phi) is 2.60. The number of fused-ring (bicyclic) bond motifs is 1. The Bertz CT molecular complexity index is 699. The maximum Gasteiger partial charge on any atom is 0.198 e. The highest BCUT2D eigenvalue weighted by Crippen LogP contribution is 2.37. The quantitative estimate of drug-likeness (QED) is 0.891. The molecule has 1 aliphatic rings. The van der Waals surface area contributed by atoms with E-state index >= 15 is 0 Å². The van der Waals surface area contributed by atoms with Crippen LogP contribution in [0, 0.1) is 0 Å². The Balaban J connectivity index is 2.17. The monoisotopic (exact) mass is 252 g/mol. The number of rotatable bonds is 2. The molecule has 3 nitrogen and oxygen atoms in total. The van der Waals surface area contributed by atoms with Gasteiger partial charge in [0.2, 0.25) is 0 Å². The lowest BCUT2D eigenvalue weighted by atomic mass is 10.0. The van der Waals surface area contributed by atoms with Gasteiger partial charge in [0.25, 0.3) is 0 Å². The molecule has 0 heterocycles. The van der Waals surface area contributed by atoms with Crippen molar-refractivity contribution >= 4 is 17.1 Å². The summed E-state index contributed by atoms with van der Waals surface area (Å²) in [4.78, 5) is 12.3. The van der Waals surface area contributed by atoms with E-state index in [1.54, 1.807) is 55.6 Å². The first-order chi connectivity index (χ1) is 9.22. The van der Waals surface area contributed by atoms with Crippen LogP contribution in [0.5, 0.6) is 5.75 Å². The summed E-state index contributed by atoms with van der Waals surface area (Å²) >= 11 is 0. The molecular weight excluding hydrogens is 240 g/mol. The van der Waals surface area contributed by atoms with Crippen molar-refractivity contribution < 1.29 is 14.6 Å². The highest BCUT2D eigenvalue weighted by molar-refractivity contribution is 6.38. The number of Topliss-reactive ketones (excluding diaryl/α,β-unsaturated/α-hetero) is 1. The van der Waals surface area contributed by atoms with Gasteiger partial charge in [0.1, 0.15) is 11.5 Å². The molecule has 0 aliphatic heterocycles. The smallest absolute Gasteiger partial charge is 0.198 e. The van der Waals surface area contributed by atoms with Crippen molar-refractivity contribution in [1.82, 2.24) is 0 Å². The Morgan fingerprint density at radius 3 is 2.42 bits per heavy atom. The van der Waals surface area contributed by atoms with E-state index in [9.17, 15) is 9.90 Å². The second-order valence-electron chi connectivity index (χ2n) is 4.33. The number of carbonyl (C=O) groups is 1. The van der Waals surface area contributed by atoms with Crippen molar-refractivity contribution in [2.45, 2.75) is 0 Å². The normalized spacial score (nSPS) is 13.6. The topological polar surface area (TPSA) is 46.5 Å². The zero-order valence-electron chi connectivity index (χ0n) is 10.4. The van der Waals surface area contributed by atoms with Crippen LogP contribution >= 0.6 is 0 Å². The Labute approximate surface area is 110 Å². The minimum Gasteiger partial charge on any atom is -0.507 e. The number of benzene rings is 2. The first-order valence-electron chi connectivity index (χ1n) is 5.94. The average Bonchev–Trinajstić information content (AvgIpc) is 2.72. The summed E-state index contributed by atoms with van der Waals surface area (Å²) in [6, 6.07) is 14.2. The summed E-state index contributed by atoms with van der Waals surface area (Å²) in [6.07, 6.45) is 0. The van der Waals surface area contributed by atoms with Gasteiger partial charge in [-0.05, 0) is 17.7 Å². The largest absolute Gasteiger partial charge is 0.507 e. The van der Waals surface area contributed by atoms with Gasteiger partial charge >= 0.3 is 0 Å². The van der Waals surface area contributed by atoms with Crippen LogP contribution in [0.2, 0.25) is 0 Å². The number of carbonyl (C=O) groups excluding carboxylic acids is 1. The van der Waals surface area contributed by atoms with Gasteiger partial charge in [-0.1, -0.05) is 36.4 Å². The van der Waals surface area contributed by atoms with Crippen molar-refractivity contribution in [3.63, 3.8) is 0 Å². The first kappa shape index (κ1) is 11.5. The van der Waals surface area contributed by atoms with E-state index in [1.807, 2.05) is 0 Å². The third-order valence-corrected chi connectivity index (χ3v) is 3.25. The maximum absolute atomic E-state index is 12.3. The highest BCUT2D eigenvalue weighted by atomic mass is 16.5. The third kappa shape index (κ3) is 1.71. The van der Waals surface area contributed by atoms with Gasteiger partial charge in [-0.25, -0.2) is 0 Å². The SMILES string of the molecule is COc1cccc(C2=C(O)c3ccccc3C2=O)c1. The van der Waals surface area contributed by atoms with E-state index in [1.165, 1.54) is 0 Å². The fourth-order valence-corrected chi connectivity index (χ4v) is 2.31. The number of aliphatic hydroxyl groups is 1. The number of methoxy groups -OCH3 is 1. The number of hydrogen-bond acceptors (Lipinski definition) is 3. The molecule has 0 bridgehead atoms.